The summed E-state index contributed by atoms with van der Waals surface area (Å²) >= 11 is 0. The molecule has 0 fully saturated rings. The van der Waals surface area contributed by atoms with Gasteiger partial charge in [-0.2, -0.15) is 0 Å². The number of rotatable bonds is 4. The number of pyridine rings is 1. The van der Waals surface area contributed by atoms with Crippen LogP contribution in [0.1, 0.15) is 17.2 Å². The fraction of sp³-hybridized carbons (Fsp3) is 0.190. The zero-order valence-electron chi connectivity index (χ0n) is 15.3. The second-order valence-electron chi connectivity index (χ2n) is 6.80. The van der Waals surface area contributed by atoms with Crippen LogP contribution >= 0.6 is 0 Å². The molecule has 0 bridgehead atoms. The van der Waals surface area contributed by atoms with Crippen molar-refractivity contribution in [1.82, 2.24) is 9.29 Å². The molecular weight excluding hydrogens is 358 g/mol. The van der Waals surface area contributed by atoms with Gasteiger partial charge in [-0.3, -0.25) is 4.98 Å². The summed E-state index contributed by atoms with van der Waals surface area (Å²) in [5, 5.41) is 0. The summed E-state index contributed by atoms with van der Waals surface area (Å²) in [5.74, 6) is 0. The lowest BCUT2D eigenvalue weighted by Gasteiger charge is -2.28. The molecule has 0 spiro atoms. The molecule has 2 aromatic carbocycles. The normalized spacial score (nSPS) is 16.6. The molecule has 0 saturated carbocycles. The van der Waals surface area contributed by atoms with Crippen LogP contribution in [0, 0.1) is 0 Å². The highest BCUT2D eigenvalue weighted by Gasteiger charge is 2.32. The van der Waals surface area contributed by atoms with E-state index in [1.165, 1.54) is 35.7 Å². The van der Waals surface area contributed by atoms with Crippen molar-refractivity contribution < 1.29 is 8.42 Å². The van der Waals surface area contributed by atoms with E-state index in [0.717, 1.165) is 17.8 Å². The Bertz CT molecular complexity index is 1070. The number of anilines is 2. The van der Waals surface area contributed by atoms with Gasteiger partial charge in [0.05, 0.1) is 17.9 Å². The molecule has 4 rings (SSSR count). The highest BCUT2D eigenvalue weighted by Crippen LogP contribution is 2.45. The fourth-order valence-electron chi connectivity index (χ4n) is 3.54. The Balaban J connectivity index is 1.85. The second kappa shape index (κ2) is 6.79. The van der Waals surface area contributed by atoms with Gasteiger partial charge in [-0.05, 0) is 29.7 Å². The molecule has 2 heterocycles. The van der Waals surface area contributed by atoms with Gasteiger partial charge in [-0.25, -0.2) is 12.7 Å². The quantitative estimate of drug-likeness (QED) is 0.692. The van der Waals surface area contributed by atoms with E-state index < -0.39 is 10.0 Å². The monoisotopic (exact) mass is 379 g/mol. The van der Waals surface area contributed by atoms with Crippen LogP contribution in [0.2, 0.25) is 0 Å². The molecule has 0 amide bonds. The molecule has 0 saturated heterocycles. The van der Waals surface area contributed by atoms with Crippen molar-refractivity contribution >= 4 is 21.4 Å². The van der Waals surface area contributed by atoms with Gasteiger partial charge in [0.2, 0.25) is 10.0 Å². The third-order valence-corrected chi connectivity index (χ3v) is 6.70. The molecule has 1 aliphatic rings. The first kappa shape index (κ1) is 17.7. The molecule has 3 aromatic rings. The Morgan fingerprint density at radius 1 is 1.00 bits per heavy atom. The van der Waals surface area contributed by atoms with Crippen LogP contribution in [-0.2, 0) is 16.4 Å². The summed E-state index contributed by atoms with van der Waals surface area (Å²) in [6, 6.07) is 20.3. The first-order chi connectivity index (χ1) is 13.0. The molecule has 138 valence electrons. The van der Waals surface area contributed by atoms with Crippen molar-refractivity contribution in [3.05, 3.63) is 84.2 Å². The number of aromatic nitrogens is 1. The number of para-hydroxylation sites is 1. The Kier molecular flexibility index (Phi) is 4.45. The molecule has 1 atom stereocenters. The molecule has 1 aromatic heterocycles. The average molecular weight is 379 g/mol. The van der Waals surface area contributed by atoms with Crippen LogP contribution in [0.15, 0.2) is 78.0 Å². The standard InChI is InChI=1S/C21H21N3O2S/c1-23(2)27(25,26)19-13-18(14-22-15-19)24-20-11-7-6-10-17(20)12-21(24)16-8-4-3-5-9-16/h3-11,13-15,21H,12H2,1-2H3. The topological polar surface area (TPSA) is 53.5 Å². The summed E-state index contributed by atoms with van der Waals surface area (Å²) in [6.07, 6.45) is 4.00. The van der Waals surface area contributed by atoms with Crippen molar-refractivity contribution in [2.24, 2.45) is 0 Å². The lowest BCUT2D eigenvalue weighted by Crippen LogP contribution is -2.24. The van der Waals surface area contributed by atoms with Gasteiger partial charge in [0.25, 0.3) is 0 Å². The first-order valence-electron chi connectivity index (χ1n) is 8.78. The summed E-state index contributed by atoms with van der Waals surface area (Å²) in [5.41, 5.74) is 4.30. The average Bonchev–Trinajstić information content (AvgIpc) is 3.08. The van der Waals surface area contributed by atoms with Gasteiger partial charge >= 0.3 is 0 Å². The van der Waals surface area contributed by atoms with Crippen molar-refractivity contribution in [3.8, 4) is 0 Å². The van der Waals surface area contributed by atoms with E-state index in [-0.39, 0.29) is 10.9 Å². The van der Waals surface area contributed by atoms with Crippen LogP contribution in [-0.4, -0.2) is 31.8 Å². The Hall–Kier alpha value is -2.70. The van der Waals surface area contributed by atoms with Gasteiger partial charge in [0.15, 0.2) is 0 Å². The lowest BCUT2D eigenvalue weighted by molar-refractivity contribution is 0.520. The smallest absolute Gasteiger partial charge is 0.244 e. The number of sulfonamides is 1. The maximum absolute atomic E-state index is 12.6. The molecule has 6 heteroatoms. The van der Waals surface area contributed by atoms with E-state index in [1.54, 1.807) is 12.3 Å². The van der Waals surface area contributed by atoms with Crippen LogP contribution in [0.3, 0.4) is 0 Å². The Labute approximate surface area is 159 Å². The van der Waals surface area contributed by atoms with E-state index in [4.69, 9.17) is 0 Å². The van der Waals surface area contributed by atoms with Crippen molar-refractivity contribution in [3.63, 3.8) is 0 Å². The molecule has 5 nitrogen and oxygen atoms in total. The summed E-state index contributed by atoms with van der Waals surface area (Å²) < 4.78 is 26.3. The molecular formula is C21H21N3O2S. The number of hydrogen-bond acceptors (Lipinski definition) is 4. The van der Waals surface area contributed by atoms with Gasteiger partial charge in [0, 0.05) is 26.0 Å². The Morgan fingerprint density at radius 3 is 2.44 bits per heavy atom. The third-order valence-electron chi connectivity index (χ3n) is 4.92. The van der Waals surface area contributed by atoms with Crippen LogP contribution in [0.4, 0.5) is 11.4 Å². The molecule has 0 aliphatic carbocycles. The van der Waals surface area contributed by atoms with E-state index >= 15 is 0 Å². The lowest BCUT2D eigenvalue weighted by atomic mass is 10.0. The molecule has 1 unspecified atom stereocenters. The van der Waals surface area contributed by atoms with E-state index in [0.29, 0.717) is 0 Å². The molecule has 0 N–H and O–H groups in total. The number of nitrogens with zero attached hydrogens (tertiary/aromatic N) is 3. The largest absolute Gasteiger partial charge is 0.332 e. The SMILES string of the molecule is CN(C)S(=O)(=O)c1cncc(N2c3ccccc3CC2c2ccccc2)c1. The minimum atomic E-state index is -3.54. The van der Waals surface area contributed by atoms with Crippen molar-refractivity contribution in [2.45, 2.75) is 17.4 Å². The van der Waals surface area contributed by atoms with Gasteiger partial charge in [-0.15, -0.1) is 0 Å². The van der Waals surface area contributed by atoms with Crippen LogP contribution in [0.25, 0.3) is 0 Å². The van der Waals surface area contributed by atoms with Gasteiger partial charge in [-0.1, -0.05) is 48.5 Å². The predicted octanol–water partition coefficient (Wildman–Crippen LogP) is 3.77. The third kappa shape index (κ3) is 3.11. The predicted molar refractivity (Wildman–Crippen MR) is 107 cm³/mol. The van der Waals surface area contributed by atoms with Gasteiger partial charge in [0.1, 0.15) is 4.90 Å². The molecule has 27 heavy (non-hydrogen) atoms. The maximum Gasteiger partial charge on any atom is 0.244 e. The number of fused-ring (bicyclic) bond motifs is 1. The summed E-state index contributed by atoms with van der Waals surface area (Å²) in [6.45, 7) is 0. The maximum atomic E-state index is 12.6. The van der Waals surface area contributed by atoms with Crippen LogP contribution in [0.5, 0.6) is 0 Å². The highest BCUT2D eigenvalue weighted by molar-refractivity contribution is 7.89. The van der Waals surface area contributed by atoms with Gasteiger partial charge < -0.3 is 4.90 Å². The highest BCUT2D eigenvalue weighted by atomic mass is 32.2. The zero-order chi connectivity index (χ0) is 19.0. The van der Waals surface area contributed by atoms with Crippen molar-refractivity contribution in [1.29, 1.82) is 0 Å². The summed E-state index contributed by atoms with van der Waals surface area (Å²) in [7, 11) is -0.489. The number of hydrogen-bond donors (Lipinski definition) is 0. The van der Waals surface area contributed by atoms with Crippen LogP contribution < -0.4 is 4.90 Å². The summed E-state index contributed by atoms with van der Waals surface area (Å²) in [4.78, 5) is 6.61. The first-order valence-corrected chi connectivity index (χ1v) is 10.2. The fourth-order valence-corrected chi connectivity index (χ4v) is 4.42. The Morgan fingerprint density at radius 2 is 1.70 bits per heavy atom. The van der Waals surface area contributed by atoms with Crippen molar-refractivity contribution in [2.75, 3.05) is 19.0 Å². The van der Waals surface area contributed by atoms with E-state index in [2.05, 4.69) is 34.1 Å². The minimum absolute atomic E-state index is 0.0997. The molecule has 0 radical (unpaired) electrons. The molecule has 1 aliphatic heterocycles. The minimum Gasteiger partial charge on any atom is -0.332 e. The second-order valence-corrected chi connectivity index (χ2v) is 8.95. The number of benzene rings is 2. The van der Waals surface area contributed by atoms with E-state index in [9.17, 15) is 8.42 Å². The van der Waals surface area contributed by atoms with E-state index in [1.807, 2.05) is 30.3 Å². The zero-order valence-corrected chi connectivity index (χ0v) is 16.1.